The second kappa shape index (κ2) is 6.91. The van der Waals surface area contributed by atoms with Gasteiger partial charge in [-0.05, 0) is 38.1 Å². The standard InChI is InChI=1S/C17H17N5O2/c1-3-24-12-4-5-14-13(9-12)15(8-11(2)20-14)21-22-17(23)16-10-18-6-7-19-16/h4-10H,3H2,1-2H3,(H,20,21)(H,22,23). The Morgan fingerprint density at radius 3 is 2.88 bits per heavy atom. The number of hydrogen-bond donors (Lipinski definition) is 2. The summed E-state index contributed by atoms with van der Waals surface area (Å²) in [5.41, 5.74) is 8.17. The van der Waals surface area contributed by atoms with Crippen molar-refractivity contribution in [3.05, 3.63) is 54.2 Å². The van der Waals surface area contributed by atoms with E-state index in [-0.39, 0.29) is 11.6 Å². The van der Waals surface area contributed by atoms with Crippen LogP contribution in [-0.4, -0.2) is 27.5 Å². The molecule has 2 N–H and O–H groups in total. The number of hydrazine groups is 1. The first-order chi connectivity index (χ1) is 11.7. The van der Waals surface area contributed by atoms with Gasteiger partial charge in [-0.25, -0.2) is 4.98 Å². The number of carbonyl (C=O) groups excluding carboxylic acids is 1. The highest BCUT2D eigenvalue weighted by atomic mass is 16.5. The SMILES string of the molecule is CCOc1ccc2nc(C)cc(NNC(=O)c3cnccn3)c2c1. The fourth-order valence-electron chi connectivity index (χ4n) is 2.30. The van der Waals surface area contributed by atoms with Crippen molar-refractivity contribution in [2.75, 3.05) is 12.0 Å². The van der Waals surface area contributed by atoms with Gasteiger partial charge in [-0.3, -0.25) is 25.6 Å². The summed E-state index contributed by atoms with van der Waals surface area (Å²) in [4.78, 5) is 24.4. The first kappa shape index (κ1) is 15.7. The van der Waals surface area contributed by atoms with Crippen LogP contribution in [0.4, 0.5) is 5.69 Å². The number of aryl methyl sites for hydroxylation is 1. The summed E-state index contributed by atoms with van der Waals surface area (Å²) in [7, 11) is 0. The highest BCUT2D eigenvalue weighted by Crippen LogP contribution is 2.27. The fourth-order valence-corrected chi connectivity index (χ4v) is 2.30. The number of benzene rings is 1. The highest BCUT2D eigenvalue weighted by molar-refractivity contribution is 5.96. The summed E-state index contributed by atoms with van der Waals surface area (Å²) in [5, 5.41) is 0.853. The molecule has 0 saturated heterocycles. The van der Waals surface area contributed by atoms with Gasteiger partial charge in [0.2, 0.25) is 0 Å². The molecule has 7 heteroatoms. The number of fused-ring (bicyclic) bond motifs is 1. The lowest BCUT2D eigenvalue weighted by molar-refractivity contribution is 0.0957. The third-order valence-electron chi connectivity index (χ3n) is 3.33. The first-order valence-corrected chi connectivity index (χ1v) is 7.54. The van der Waals surface area contributed by atoms with E-state index in [1.54, 1.807) is 0 Å². The molecular formula is C17H17N5O2. The van der Waals surface area contributed by atoms with Gasteiger partial charge in [0.1, 0.15) is 11.4 Å². The van der Waals surface area contributed by atoms with Gasteiger partial charge >= 0.3 is 0 Å². The molecule has 0 aliphatic heterocycles. The van der Waals surface area contributed by atoms with Gasteiger partial charge in [-0.2, -0.15) is 0 Å². The Morgan fingerprint density at radius 2 is 2.12 bits per heavy atom. The van der Waals surface area contributed by atoms with Gasteiger partial charge in [0.15, 0.2) is 0 Å². The smallest absolute Gasteiger partial charge is 0.289 e. The molecule has 0 spiro atoms. The molecular weight excluding hydrogens is 306 g/mol. The number of rotatable bonds is 5. The summed E-state index contributed by atoms with van der Waals surface area (Å²) in [6.07, 6.45) is 4.38. The summed E-state index contributed by atoms with van der Waals surface area (Å²) >= 11 is 0. The van der Waals surface area contributed by atoms with Crippen molar-refractivity contribution in [2.24, 2.45) is 0 Å². The molecule has 122 valence electrons. The largest absolute Gasteiger partial charge is 0.494 e. The maximum atomic E-state index is 12.1. The van der Waals surface area contributed by atoms with Crippen LogP contribution >= 0.6 is 0 Å². The Hall–Kier alpha value is -3.22. The monoisotopic (exact) mass is 323 g/mol. The van der Waals surface area contributed by atoms with E-state index in [0.29, 0.717) is 6.61 Å². The van der Waals surface area contributed by atoms with Crippen molar-refractivity contribution in [1.29, 1.82) is 0 Å². The van der Waals surface area contributed by atoms with Crippen molar-refractivity contribution < 1.29 is 9.53 Å². The number of anilines is 1. The van der Waals surface area contributed by atoms with Gasteiger partial charge in [-0.15, -0.1) is 0 Å². The van der Waals surface area contributed by atoms with Crippen LogP contribution in [-0.2, 0) is 0 Å². The van der Waals surface area contributed by atoms with Crippen molar-refractivity contribution in [3.8, 4) is 5.75 Å². The second-order valence-corrected chi connectivity index (χ2v) is 5.09. The van der Waals surface area contributed by atoms with Crippen LogP contribution in [0.3, 0.4) is 0 Å². The number of nitrogens with one attached hydrogen (secondary N) is 2. The molecule has 2 aromatic heterocycles. The summed E-state index contributed by atoms with van der Waals surface area (Å²) in [5.74, 6) is 0.380. The molecule has 7 nitrogen and oxygen atoms in total. The van der Waals surface area contributed by atoms with Gasteiger partial charge in [0, 0.05) is 23.5 Å². The number of aromatic nitrogens is 3. The predicted molar refractivity (Wildman–Crippen MR) is 90.8 cm³/mol. The Bertz CT molecular complexity index is 867. The molecule has 0 aliphatic carbocycles. The number of nitrogens with zero attached hydrogens (tertiary/aromatic N) is 3. The Balaban J connectivity index is 1.87. The molecule has 2 heterocycles. The van der Waals surface area contributed by atoms with Crippen LogP contribution in [0.15, 0.2) is 42.9 Å². The molecule has 24 heavy (non-hydrogen) atoms. The Labute approximate surface area is 139 Å². The molecule has 0 radical (unpaired) electrons. The number of amides is 1. The summed E-state index contributed by atoms with van der Waals surface area (Å²) in [6.45, 7) is 4.40. The van der Waals surface area contributed by atoms with Crippen LogP contribution in [0.25, 0.3) is 10.9 Å². The molecule has 0 fully saturated rings. The molecule has 3 aromatic rings. The van der Waals surface area contributed by atoms with E-state index in [9.17, 15) is 4.79 Å². The van der Waals surface area contributed by atoms with Crippen molar-refractivity contribution in [1.82, 2.24) is 20.4 Å². The van der Waals surface area contributed by atoms with Crippen LogP contribution in [0, 0.1) is 6.92 Å². The number of carbonyl (C=O) groups is 1. The van der Waals surface area contributed by atoms with E-state index in [4.69, 9.17) is 4.74 Å². The minimum absolute atomic E-state index is 0.232. The molecule has 0 saturated carbocycles. The van der Waals surface area contributed by atoms with Crippen molar-refractivity contribution in [3.63, 3.8) is 0 Å². The van der Waals surface area contributed by atoms with Crippen LogP contribution in [0.2, 0.25) is 0 Å². The summed E-state index contributed by atoms with van der Waals surface area (Å²) < 4.78 is 5.53. The Kier molecular flexibility index (Phi) is 4.51. The fraction of sp³-hybridized carbons (Fsp3) is 0.176. The lowest BCUT2D eigenvalue weighted by Gasteiger charge is -2.13. The lowest BCUT2D eigenvalue weighted by atomic mass is 10.1. The highest BCUT2D eigenvalue weighted by Gasteiger charge is 2.09. The van der Waals surface area contributed by atoms with E-state index in [2.05, 4.69) is 25.8 Å². The van der Waals surface area contributed by atoms with Crippen molar-refractivity contribution in [2.45, 2.75) is 13.8 Å². The van der Waals surface area contributed by atoms with Crippen LogP contribution in [0.5, 0.6) is 5.75 Å². The van der Waals surface area contributed by atoms with E-state index in [1.807, 2.05) is 38.1 Å². The topological polar surface area (TPSA) is 89.0 Å². The average molecular weight is 323 g/mol. The molecule has 1 aromatic carbocycles. The minimum atomic E-state index is -0.369. The van der Waals surface area contributed by atoms with Crippen LogP contribution in [0.1, 0.15) is 23.1 Å². The zero-order valence-corrected chi connectivity index (χ0v) is 13.4. The number of pyridine rings is 1. The van der Waals surface area contributed by atoms with Gasteiger partial charge in [0.05, 0.1) is 24.0 Å². The molecule has 0 bridgehead atoms. The predicted octanol–water partition coefficient (Wildman–Crippen LogP) is 2.49. The maximum absolute atomic E-state index is 12.1. The molecule has 0 aliphatic rings. The van der Waals surface area contributed by atoms with E-state index >= 15 is 0 Å². The quantitative estimate of drug-likeness (QED) is 0.701. The summed E-state index contributed by atoms with van der Waals surface area (Å²) in [6, 6.07) is 7.51. The normalized spacial score (nSPS) is 10.4. The number of hydrogen-bond acceptors (Lipinski definition) is 6. The zero-order chi connectivity index (χ0) is 16.9. The van der Waals surface area contributed by atoms with E-state index in [0.717, 1.165) is 28.0 Å². The minimum Gasteiger partial charge on any atom is -0.494 e. The van der Waals surface area contributed by atoms with Crippen LogP contribution < -0.4 is 15.6 Å². The first-order valence-electron chi connectivity index (χ1n) is 7.54. The van der Waals surface area contributed by atoms with Crippen molar-refractivity contribution >= 4 is 22.5 Å². The van der Waals surface area contributed by atoms with Gasteiger partial charge in [-0.1, -0.05) is 0 Å². The average Bonchev–Trinajstić information content (AvgIpc) is 2.60. The van der Waals surface area contributed by atoms with Gasteiger partial charge in [0.25, 0.3) is 5.91 Å². The number of ether oxygens (including phenoxy) is 1. The third-order valence-corrected chi connectivity index (χ3v) is 3.33. The molecule has 1 amide bonds. The van der Waals surface area contributed by atoms with E-state index < -0.39 is 0 Å². The second-order valence-electron chi connectivity index (χ2n) is 5.09. The van der Waals surface area contributed by atoms with Gasteiger partial charge < -0.3 is 4.74 Å². The molecule has 0 unspecified atom stereocenters. The molecule has 3 rings (SSSR count). The zero-order valence-electron chi connectivity index (χ0n) is 13.4. The lowest BCUT2D eigenvalue weighted by Crippen LogP contribution is -2.30. The Morgan fingerprint density at radius 1 is 1.25 bits per heavy atom. The van der Waals surface area contributed by atoms with E-state index in [1.165, 1.54) is 18.6 Å². The molecule has 0 atom stereocenters. The third kappa shape index (κ3) is 3.40. The maximum Gasteiger partial charge on any atom is 0.289 e.